The van der Waals surface area contributed by atoms with Gasteiger partial charge in [0.1, 0.15) is 5.01 Å². The Morgan fingerprint density at radius 3 is 2.90 bits per heavy atom. The number of likely N-dealkylation sites (tertiary alicyclic amines) is 1. The van der Waals surface area contributed by atoms with Crippen molar-refractivity contribution < 1.29 is 9.59 Å². The first-order valence-electron chi connectivity index (χ1n) is 6.94. The minimum Gasteiger partial charge on any atom is -0.333 e. The van der Waals surface area contributed by atoms with Gasteiger partial charge in [0.25, 0.3) is 0 Å². The standard InChI is InChI=1S/C13H20N4O2S/c1-9(2)7-11-15-16-13(20-11)14-10(18)8-17-6-4-3-5-12(17)19/h9H,3-8H2,1-2H3,(H,14,16,18). The van der Waals surface area contributed by atoms with Crippen molar-refractivity contribution in [1.29, 1.82) is 0 Å². The Bertz CT molecular complexity index is 486. The van der Waals surface area contributed by atoms with Gasteiger partial charge in [-0.05, 0) is 18.8 Å². The summed E-state index contributed by atoms with van der Waals surface area (Å²) in [7, 11) is 0. The second-order valence-corrected chi connectivity index (χ2v) is 6.48. The third kappa shape index (κ3) is 4.26. The molecule has 1 aliphatic rings. The third-order valence-corrected chi connectivity index (χ3v) is 3.91. The Labute approximate surface area is 122 Å². The molecule has 0 aromatic carbocycles. The van der Waals surface area contributed by atoms with Crippen molar-refractivity contribution in [3.8, 4) is 0 Å². The molecule has 1 aromatic rings. The van der Waals surface area contributed by atoms with Gasteiger partial charge < -0.3 is 4.90 Å². The molecule has 0 radical (unpaired) electrons. The molecule has 0 aliphatic carbocycles. The zero-order valence-corrected chi connectivity index (χ0v) is 12.7. The summed E-state index contributed by atoms with van der Waals surface area (Å²) >= 11 is 1.39. The van der Waals surface area contributed by atoms with Crippen LogP contribution in [-0.4, -0.2) is 40.0 Å². The van der Waals surface area contributed by atoms with Gasteiger partial charge in [0, 0.05) is 19.4 Å². The summed E-state index contributed by atoms with van der Waals surface area (Å²) in [5.41, 5.74) is 0. The zero-order chi connectivity index (χ0) is 14.5. The maximum atomic E-state index is 11.9. The van der Waals surface area contributed by atoms with Crippen LogP contribution in [0.3, 0.4) is 0 Å². The number of hydrogen-bond acceptors (Lipinski definition) is 5. The number of carbonyl (C=O) groups excluding carboxylic acids is 2. The summed E-state index contributed by atoms with van der Waals surface area (Å²) in [6.45, 7) is 5.00. The molecule has 1 N–H and O–H groups in total. The molecule has 2 rings (SSSR count). The fourth-order valence-electron chi connectivity index (χ4n) is 2.10. The number of anilines is 1. The molecule has 0 saturated carbocycles. The molecule has 0 unspecified atom stereocenters. The first kappa shape index (κ1) is 14.9. The quantitative estimate of drug-likeness (QED) is 0.897. The molecular formula is C13H20N4O2S. The van der Waals surface area contributed by atoms with E-state index in [1.165, 1.54) is 11.3 Å². The lowest BCUT2D eigenvalue weighted by molar-refractivity contribution is -0.136. The number of nitrogens with zero attached hydrogens (tertiary/aromatic N) is 3. The van der Waals surface area contributed by atoms with E-state index in [0.29, 0.717) is 24.0 Å². The molecule has 0 bridgehead atoms. The van der Waals surface area contributed by atoms with Crippen molar-refractivity contribution in [1.82, 2.24) is 15.1 Å². The summed E-state index contributed by atoms with van der Waals surface area (Å²) in [5, 5.41) is 12.1. The average Bonchev–Trinajstić information content (AvgIpc) is 2.78. The predicted octanol–water partition coefficient (Wildman–Crippen LogP) is 1.69. The molecule has 7 heteroatoms. The van der Waals surface area contributed by atoms with Crippen LogP contribution in [0.4, 0.5) is 5.13 Å². The van der Waals surface area contributed by atoms with Crippen LogP contribution in [0.1, 0.15) is 38.1 Å². The van der Waals surface area contributed by atoms with Gasteiger partial charge in [-0.1, -0.05) is 25.2 Å². The zero-order valence-electron chi connectivity index (χ0n) is 11.9. The lowest BCUT2D eigenvalue weighted by Crippen LogP contribution is -2.40. The Balaban J connectivity index is 1.84. The van der Waals surface area contributed by atoms with Crippen LogP contribution < -0.4 is 5.32 Å². The summed E-state index contributed by atoms with van der Waals surface area (Å²) in [6.07, 6.45) is 3.30. The van der Waals surface area contributed by atoms with Gasteiger partial charge >= 0.3 is 0 Å². The molecule has 1 aromatic heterocycles. The fraction of sp³-hybridized carbons (Fsp3) is 0.692. The van der Waals surface area contributed by atoms with Gasteiger partial charge in [-0.3, -0.25) is 14.9 Å². The molecule has 1 fully saturated rings. The number of amides is 2. The van der Waals surface area contributed by atoms with E-state index in [2.05, 4.69) is 29.4 Å². The van der Waals surface area contributed by atoms with E-state index >= 15 is 0 Å². The van der Waals surface area contributed by atoms with Gasteiger partial charge in [0.2, 0.25) is 16.9 Å². The van der Waals surface area contributed by atoms with E-state index in [1.54, 1.807) is 4.90 Å². The lowest BCUT2D eigenvalue weighted by Gasteiger charge is -2.25. The van der Waals surface area contributed by atoms with Crippen LogP contribution >= 0.6 is 11.3 Å². The highest BCUT2D eigenvalue weighted by atomic mass is 32.1. The Kier molecular flexibility index (Phi) is 5.05. The van der Waals surface area contributed by atoms with Crippen LogP contribution in [-0.2, 0) is 16.0 Å². The minimum absolute atomic E-state index is 0.0594. The molecule has 6 nitrogen and oxygen atoms in total. The van der Waals surface area contributed by atoms with Gasteiger partial charge in [0.05, 0.1) is 6.54 Å². The Morgan fingerprint density at radius 2 is 2.20 bits per heavy atom. The lowest BCUT2D eigenvalue weighted by atomic mass is 10.1. The number of carbonyl (C=O) groups is 2. The van der Waals surface area contributed by atoms with E-state index in [9.17, 15) is 9.59 Å². The second-order valence-electron chi connectivity index (χ2n) is 5.42. The van der Waals surface area contributed by atoms with Gasteiger partial charge in [0.15, 0.2) is 0 Å². The van der Waals surface area contributed by atoms with Crippen LogP contribution in [0.2, 0.25) is 0 Å². The van der Waals surface area contributed by atoms with E-state index in [0.717, 1.165) is 24.3 Å². The smallest absolute Gasteiger partial charge is 0.245 e. The molecule has 2 heterocycles. The normalized spacial score (nSPS) is 15.8. The molecule has 1 aliphatic heterocycles. The maximum Gasteiger partial charge on any atom is 0.245 e. The van der Waals surface area contributed by atoms with Crippen LogP contribution in [0.15, 0.2) is 0 Å². The molecule has 20 heavy (non-hydrogen) atoms. The highest BCUT2D eigenvalue weighted by Gasteiger charge is 2.21. The average molecular weight is 296 g/mol. The molecule has 2 amide bonds. The van der Waals surface area contributed by atoms with Crippen molar-refractivity contribution >= 4 is 28.3 Å². The van der Waals surface area contributed by atoms with Crippen LogP contribution in [0.25, 0.3) is 0 Å². The molecular weight excluding hydrogens is 276 g/mol. The van der Waals surface area contributed by atoms with E-state index < -0.39 is 0 Å². The van der Waals surface area contributed by atoms with Crippen molar-refractivity contribution in [3.63, 3.8) is 0 Å². The van der Waals surface area contributed by atoms with E-state index in [1.807, 2.05) is 0 Å². The monoisotopic (exact) mass is 296 g/mol. The molecule has 110 valence electrons. The first-order chi connectivity index (χ1) is 9.54. The third-order valence-electron chi connectivity index (χ3n) is 3.05. The SMILES string of the molecule is CC(C)Cc1nnc(NC(=O)CN2CCCCC2=O)s1. The highest BCUT2D eigenvalue weighted by molar-refractivity contribution is 7.15. The van der Waals surface area contributed by atoms with Gasteiger partial charge in [-0.2, -0.15) is 0 Å². The highest BCUT2D eigenvalue weighted by Crippen LogP contribution is 2.18. The van der Waals surface area contributed by atoms with E-state index in [-0.39, 0.29) is 18.4 Å². The Morgan fingerprint density at radius 1 is 1.40 bits per heavy atom. The molecule has 0 atom stereocenters. The first-order valence-corrected chi connectivity index (χ1v) is 7.76. The van der Waals surface area contributed by atoms with Crippen molar-refractivity contribution in [2.75, 3.05) is 18.4 Å². The minimum atomic E-state index is -0.201. The number of aromatic nitrogens is 2. The molecule has 0 spiro atoms. The molecule has 1 saturated heterocycles. The van der Waals surface area contributed by atoms with Crippen molar-refractivity contribution in [3.05, 3.63) is 5.01 Å². The number of nitrogens with one attached hydrogen (secondary N) is 1. The predicted molar refractivity (Wildman–Crippen MR) is 77.5 cm³/mol. The summed E-state index contributed by atoms with van der Waals surface area (Å²) < 4.78 is 0. The summed E-state index contributed by atoms with van der Waals surface area (Å²) in [6, 6.07) is 0. The number of piperidine rings is 1. The second kappa shape index (κ2) is 6.78. The number of rotatable bonds is 5. The van der Waals surface area contributed by atoms with Crippen LogP contribution in [0, 0.1) is 5.92 Å². The largest absolute Gasteiger partial charge is 0.333 e. The maximum absolute atomic E-state index is 11.9. The van der Waals surface area contributed by atoms with E-state index in [4.69, 9.17) is 0 Å². The van der Waals surface area contributed by atoms with Gasteiger partial charge in [-0.25, -0.2) is 0 Å². The summed E-state index contributed by atoms with van der Waals surface area (Å²) in [4.78, 5) is 25.1. The van der Waals surface area contributed by atoms with Crippen molar-refractivity contribution in [2.24, 2.45) is 5.92 Å². The fourth-order valence-corrected chi connectivity index (χ4v) is 3.06. The van der Waals surface area contributed by atoms with Crippen LogP contribution in [0.5, 0.6) is 0 Å². The summed E-state index contributed by atoms with van der Waals surface area (Å²) in [5.74, 6) is 0.370. The number of hydrogen-bond donors (Lipinski definition) is 1. The van der Waals surface area contributed by atoms with Gasteiger partial charge in [-0.15, -0.1) is 10.2 Å². The van der Waals surface area contributed by atoms with Crippen molar-refractivity contribution in [2.45, 2.75) is 39.5 Å². The topological polar surface area (TPSA) is 75.2 Å². The Hall–Kier alpha value is -1.50.